The minimum absolute atomic E-state index is 0.0840. The molecule has 1 aliphatic rings. The third-order valence-corrected chi connectivity index (χ3v) is 13.4. The number of anilines is 6. The second-order valence-electron chi connectivity index (χ2n) is 18.0. The highest BCUT2D eigenvalue weighted by Gasteiger charge is 2.43. The van der Waals surface area contributed by atoms with E-state index in [0.717, 1.165) is 12.8 Å². The molecule has 1 aliphatic carbocycles. The maximum Gasteiger partial charge on any atom is 0.0465 e. The van der Waals surface area contributed by atoms with Crippen LogP contribution in [0, 0.1) is 13.8 Å². The largest absolute Gasteiger partial charge is 0.310 e. The highest BCUT2D eigenvalue weighted by atomic mass is 15.1. The van der Waals surface area contributed by atoms with E-state index in [2.05, 4.69) is 185 Å². The molecule has 7 rings (SSSR count). The van der Waals surface area contributed by atoms with Gasteiger partial charge in [-0.25, -0.2) is 0 Å². The van der Waals surface area contributed by atoms with E-state index in [1.165, 1.54) is 169 Å². The van der Waals surface area contributed by atoms with Gasteiger partial charge in [0, 0.05) is 39.5 Å². The number of hydrogen-bond acceptors (Lipinski definition) is 2. The van der Waals surface area contributed by atoms with Crippen LogP contribution in [0.1, 0.15) is 165 Å². The van der Waals surface area contributed by atoms with Crippen molar-refractivity contribution in [2.45, 2.75) is 164 Å². The molecule has 0 fully saturated rings. The first kappa shape index (κ1) is 47.4. The zero-order valence-corrected chi connectivity index (χ0v) is 40.4. The predicted octanol–water partition coefficient (Wildman–Crippen LogP) is 19.2. The summed E-state index contributed by atoms with van der Waals surface area (Å²) in [5.74, 6) is 0. The summed E-state index contributed by atoms with van der Waals surface area (Å²) in [6, 6.07) is 51.5. The van der Waals surface area contributed by atoms with Gasteiger partial charge in [0.2, 0.25) is 0 Å². The quantitative estimate of drug-likeness (QED) is 0.0629. The first-order valence-corrected chi connectivity index (χ1v) is 25.1. The molecule has 0 N–H and O–H groups in total. The highest BCUT2D eigenvalue weighted by molar-refractivity contribution is 5.88. The van der Waals surface area contributed by atoms with Gasteiger partial charge in [-0.2, -0.15) is 0 Å². The SMILES string of the molecule is CC.CCCCCCCCC1(CCCCCCCC)c2cc(N(c3cccc(C)c3)c3cccc(CC)c3)ccc2-c2ccc(N(c3cccc(C)c3)c3cccc(CC)c3)cc21. The summed E-state index contributed by atoms with van der Waals surface area (Å²) in [4.78, 5) is 5.03. The molecule has 0 atom stereocenters. The van der Waals surface area contributed by atoms with E-state index in [1.54, 1.807) is 0 Å². The van der Waals surface area contributed by atoms with Crippen molar-refractivity contribution < 1.29 is 0 Å². The Morgan fingerprint density at radius 3 is 1.10 bits per heavy atom. The normalized spacial score (nSPS) is 12.3. The molecule has 2 heteroatoms. The van der Waals surface area contributed by atoms with Gasteiger partial charge in [0.15, 0.2) is 0 Å². The lowest BCUT2D eigenvalue weighted by molar-refractivity contribution is 0.398. The molecule has 0 aromatic heterocycles. The van der Waals surface area contributed by atoms with Crippen LogP contribution in [0.25, 0.3) is 11.1 Å². The van der Waals surface area contributed by atoms with E-state index in [4.69, 9.17) is 0 Å². The van der Waals surface area contributed by atoms with E-state index in [1.807, 2.05) is 13.8 Å². The maximum absolute atomic E-state index is 2.62. The summed E-state index contributed by atoms with van der Waals surface area (Å²) in [5, 5.41) is 0. The molecule has 0 unspecified atom stereocenters. The first-order chi connectivity index (χ1) is 30.9. The minimum Gasteiger partial charge on any atom is -0.310 e. The van der Waals surface area contributed by atoms with E-state index in [0.29, 0.717) is 0 Å². The van der Waals surface area contributed by atoms with Crippen molar-refractivity contribution in [1.82, 2.24) is 0 Å². The van der Waals surface area contributed by atoms with Gasteiger partial charge >= 0.3 is 0 Å². The summed E-state index contributed by atoms with van der Waals surface area (Å²) in [7, 11) is 0. The topological polar surface area (TPSA) is 6.48 Å². The summed E-state index contributed by atoms with van der Waals surface area (Å²) < 4.78 is 0. The van der Waals surface area contributed by atoms with Crippen LogP contribution in [0.5, 0.6) is 0 Å². The molecule has 2 nitrogen and oxygen atoms in total. The molecule has 0 spiro atoms. The lowest BCUT2D eigenvalue weighted by atomic mass is 9.70. The van der Waals surface area contributed by atoms with Crippen molar-refractivity contribution in [2.75, 3.05) is 9.80 Å². The van der Waals surface area contributed by atoms with Gasteiger partial charge in [-0.15, -0.1) is 0 Å². The average molecular weight is 839 g/mol. The molecule has 0 aliphatic heterocycles. The van der Waals surface area contributed by atoms with E-state index < -0.39 is 0 Å². The Morgan fingerprint density at radius 1 is 0.365 bits per heavy atom. The number of fused-ring (bicyclic) bond motifs is 3. The third kappa shape index (κ3) is 11.4. The Bertz CT molecular complexity index is 2170. The molecular formula is C61H78N2. The van der Waals surface area contributed by atoms with Crippen molar-refractivity contribution in [3.05, 3.63) is 167 Å². The number of aryl methyl sites for hydroxylation is 4. The van der Waals surface area contributed by atoms with Crippen LogP contribution in [-0.2, 0) is 18.3 Å². The second kappa shape index (κ2) is 23.6. The van der Waals surface area contributed by atoms with E-state index in [9.17, 15) is 0 Å². The second-order valence-corrected chi connectivity index (χ2v) is 18.0. The average Bonchev–Trinajstić information content (AvgIpc) is 3.57. The Labute approximate surface area is 383 Å². The van der Waals surface area contributed by atoms with Crippen LogP contribution in [0.4, 0.5) is 34.1 Å². The van der Waals surface area contributed by atoms with E-state index in [-0.39, 0.29) is 5.41 Å². The molecule has 6 aromatic rings. The Morgan fingerprint density at radius 2 is 0.714 bits per heavy atom. The Kier molecular flexibility index (Phi) is 17.7. The fourth-order valence-electron chi connectivity index (χ4n) is 10.1. The van der Waals surface area contributed by atoms with Crippen molar-refractivity contribution in [3.63, 3.8) is 0 Å². The zero-order chi connectivity index (χ0) is 44.6. The third-order valence-electron chi connectivity index (χ3n) is 13.4. The molecular weight excluding hydrogens is 761 g/mol. The van der Waals surface area contributed by atoms with Gasteiger partial charge in [-0.3, -0.25) is 0 Å². The fourth-order valence-corrected chi connectivity index (χ4v) is 10.1. The molecule has 0 heterocycles. The zero-order valence-electron chi connectivity index (χ0n) is 40.4. The summed E-state index contributed by atoms with van der Waals surface area (Å²) in [5.41, 5.74) is 18.5. The van der Waals surface area contributed by atoms with Crippen molar-refractivity contribution >= 4 is 34.1 Å². The van der Waals surface area contributed by atoms with Crippen molar-refractivity contribution in [1.29, 1.82) is 0 Å². The molecule has 0 radical (unpaired) electrons. The number of rotatable bonds is 22. The molecule has 332 valence electrons. The van der Waals surface area contributed by atoms with Gasteiger partial charge in [0.25, 0.3) is 0 Å². The smallest absolute Gasteiger partial charge is 0.0465 e. The molecule has 0 saturated heterocycles. The van der Waals surface area contributed by atoms with Gasteiger partial charge in [-0.1, -0.05) is 179 Å². The van der Waals surface area contributed by atoms with Gasteiger partial charge in [-0.05, 0) is 157 Å². The lowest BCUT2D eigenvalue weighted by Crippen LogP contribution is -2.26. The van der Waals surface area contributed by atoms with Gasteiger partial charge in [0.05, 0.1) is 0 Å². The number of unbranched alkanes of at least 4 members (excludes halogenated alkanes) is 10. The molecule has 0 bridgehead atoms. The molecule has 63 heavy (non-hydrogen) atoms. The van der Waals surface area contributed by atoms with Crippen molar-refractivity contribution in [3.8, 4) is 11.1 Å². The maximum atomic E-state index is 2.62. The summed E-state index contributed by atoms with van der Waals surface area (Å²) >= 11 is 0. The van der Waals surface area contributed by atoms with E-state index >= 15 is 0 Å². The van der Waals surface area contributed by atoms with Gasteiger partial charge < -0.3 is 9.80 Å². The monoisotopic (exact) mass is 839 g/mol. The standard InChI is InChI=1S/C59H72N2.C2H6/c1-7-11-13-15-17-19-37-59(38-20-18-16-14-12-8-2)57-43-53(60(49-29-21-25-45(5)39-49)51-31-23-27-47(9-3)41-51)33-35-55(57)56-36-34-54(44-58(56)59)61(50-30-22-26-46(6)40-50)52-32-24-28-48(10-4)42-52;1-2/h21-36,39-44H,7-20,37-38H2,1-6H3;1-2H3. The number of nitrogens with zero attached hydrogens (tertiary/aromatic N) is 2. The van der Waals surface area contributed by atoms with Crippen LogP contribution < -0.4 is 9.80 Å². The van der Waals surface area contributed by atoms with Gasteiger partial charge in [0.1, 0.15) is 0 Å². The van der Waals surface area contributed by atoms with Crippen LogP contribution in [0.15, 0.2) is 133 Å². The fraction of sp³-hybridized carbons (Fsp3) is 0.410. The first-order valence-electron chi connectivity index (χ1n) is 25.1. The van der Waals surface area contributed by atoms with Crippen LogP contribution >= 0.6 is 0 Å². The summed E-state index contributed by atoms with van der Waals surface area (Å²) in [6.45, 7) is 17.6. The Balaban J connectivity index is 0.00000326. The molecule has 0 amide bonds. The van der Waals surface area contributed by atoms with Crippen LogP contribution in [-0.4, -0.2) is 0 Å². The van der Waals surface area contributed by atoms with Crippen LogP contribution in [0.3, 0.4) is 0 Å². The highest BCUT2D eigenvalue weighted by Crippen LogP contribution is 2.57. The number of benzene rings is 6. The molecule has 6 aromatic carbocycles. The predicted molar refractivity (Wildman–Crippen MR) is 278 cm³/mol. The number of hydrogen-bond donors (Lipinski definition) is 0. The minimum atomic E-state index is -0.0840. The Hall–Kier alpha value is -5.08. The van der Waals surface area contributed by atoms with Crippen LogP contribution in [0.2, 0.25) is 0 Å². The molecule has 0 saturated carbocycles. The summed E-state index contributed by atoms with van der Waals surface area (Å²) in [6.07, 6.45) is 20.0. The lowest BCUT2D eigenvalue weighted by Gasteiger charge is -2.35. The van der Waals surface area contributed by atoms with Crippen molar-refractivity contribution in [2.24, 2.45) is 0 Å².